The lowest BCUT2D eigenvalue weighted by molar-refractivity contribution is -0.189. The Bertz CT molecular complexity index is 1230. The van der Waals surface area contributed by atoms with E-state index in [0.29, 0.717) is 28.1 Å². The zero-order valence-corrected chi connectivity index (χ0v) is 21.8. The van der Waals surface area contributed by atoms with Crippen molar-refractivity contribution in [1.29, 1.82) is 0 Å². The first-order valence-corrected chi connectivity index (χ1v) is 12.8. The molecule has 1 aromatic heterocycles. The molecule has 0 saturated carbocycles. The minimum atomic E-state index is -5.14. The summed E-state index contributed by atoms with van der Waals surface area (Å²) in [6.07, 6.45) is -3.22. The van der Waals surface area contributed by atoms with Crippen LogP contribution in [-0.4, -0.2) is 59.2 Å². The number of hydrogen-bond acceptors (Lipinski definition) is 5. The zero-order valence-electron chi connectivity index (χ0n) is 21.8. The maximum absolute atomic E-state index is 13.4. The number of carbonyl (C=O) groups is 1. The molecule has 1 aliphatic heterocycles. The molecule has 8 heteroatoms. The number of piperidine rings is 1. The summed E-state index contributed by atoms with van der Waals surface area (Å²) in [5.74, 6) is -2.39. The molecule has 0 radical (unpaired) electrons. The van der Waals surface area contributed by atoms with E-state index < -0.39 is 17.7 Å². The third-order valence-corrected chi connectivity index (χ3v) is 7.52. The van der Waals surface area contributed by atoms with E-state index in [1.165, 1.54) is 0 Å². The number of pyridine rings is 1. The quantitative estimate of drug-likeness (QED) is 0.342. The summed E-state index contributed by atoms with van der Waals surface area (Å²) in [5.41, 5.74) is 1.24. The Balaban J connectivity index is 1.88. The van der Waals surface area contributed by atoms with Gasteiger partial charge in [0.2, 0.25) is 0 Å². The fraction of sp³-hybridized carbons (Fsp3) is 0.448. The summed E-state index contributed by atoms with van der Waals surface area (Å²) in [6, 6.07) is 16.7. The molecule has 0 atom stereocenters. The molecule has 5 nitrogen and oxygen atoms in total. The number of halogens is 3. The highest BCUT2D eigenvalue weighted by Crippen LogP contribution is 2.45. The fourth-order valence-corrected chi connectivity index (χ4v) is 5.53. The molecule has 1 aliphatic rings. The van der Waals surface area contributed by atoms with Crippen molar-refractivity contribution in [1.82, 2.24) is 14.8 Å². The van der Waals surface area contributed by atoms with Crippen molar-refractivity contribution in [3.05, 3.63) is 60.2 Å². The molecular weight excluding hydrogens is 479 g/mol. The van der Waals surface area contributed by atoms with E-state index in [2.05, 4.69) is 28.6 Å². The van der Waals surface area contributed by atoms with Crippen molar-refractivity contribution in [3.8, 4) is 17.0 Å². The van der Waals surface area contributed by atoms with Crippen LogP contribution < -0.4 is 4.74 Å². The van der Waals surface area contributed by atoms with Gasteiger partial charge >= 0.3 is 12.1 Å². The van der Waals surface area contributed by atoms with Gasteiger partial charge in [-0.1, -0.05) is 62.4 Å². The van der Waals surface area contributed by atoms with Crippen LogP contribution in [-0.2, 0) is 10.3 Å². The number of esters is 1. The topological polar surface area (TPSA) is 45.7 Å². The summed E-state index contributed by atoms with van der Waals surface area (Å²) < 4.78 is 45.5. The lowest BCUT2D eigenvalue weighted by Gasteiger charge is -2.46. The maximum atomic E-state index is 13.4. The number of carbonyl (C=O) groups excluding carboxylic acids is 1. The molecule has 0 bridgehead atoms. The number of fused-ring (bicyclic) bond motifs is 1. The van der Waals surface area contributed by atoms with E-state index in [1.54, 1.807) is 24.3 Å². The maximum Gasteiger partial charge on any atom is 0.491 e. The molecule has 0 N–H and O–H groups in total. The van der Waals surface area contributed by atoms with Crippen LogP contribution in [0.5, 0.6) is 5.75 Å². The number of rotatable bonds is 7. The van der Waals surface area contributed by atoms with Crippen molar-refractivity contribution in [2.75, 3.05) is 26.2 Å². The van der Waals surface area contributed by atoms with Gasteiger partial charge in [0.05, 0.1) is 5.52 Å². The van der Waals surface area contributed by atoms with Crippen LogP contribution in [0.1, 0.15) is 46.1 Å². The van der Waals surface area contributed by atoms with Gasteiger partial charge in [-0.05, 0) is 45.8 Å². The average Bonchev–Trinajstić information content (AvgIpc) is 2.89. The van der Waals surface area contributed by atoms with Gasteiger partial charge in [0, 0.05) is 41.2 Å². The van der Waals surface area contributed by atoms with Crippen LogP contribution in [0.3, 0.4) is 0 Å². The molecule has 1 fully saturated rings. The minimum absolute atomic E-state index is 0.136. The molecule has 0 amide bonds. The Kier molecular flexibility index (Phi) is 7.90. The molecule has 1 saturated heterocycles. The van der Waals surface area contributed by atoms with Crippen molar-refractivity contribution in [2.24, 2.45) is 0 Å². The predicted octanol–water partition coefficient (Wildman–Crippen LogP) is 6.41. The molecule has 3 aromatic rings. The minimum Gasteiger partial charge on any atom is -0.417 e. The molecule has 2 aromatic carbocycles. The van der Waals surface area contributed by atoms with Crippen molar-refractivity contribution >= 4 is 16.9 Å². The Morgan fingerprint density at radius 1 is 1.00 bits per heavy atom. The largest absolute Gasteiger partial charge is 0.491 e. The number of alkyl halides is 3. The first-order chi connectivity index (χ1) is 17.6. The van der Waals surface area contributed by atoms with Crippen LogP contribution in [0.2, 0.25) is 0 Å². The standard InChI is InChI=1S/C29H34F3N3O2/c1-5-34(6-2)21-16-18-35(19-17-21)28(3,4)24-22-14-10-11-15-23(22)33-25(20-12-8-7-9-13-20)26(24)37-27(36)29(30,31)32/h7-15,21H,5-6,16-19H2,1-4H3. The Morgan fingerprint density at radius 3 is 2.19 bits per heavy atom. The fourth-order valence-electron chi connectivity index (χ4n) is 5.53. The van der Waals surface area contributed by atoms with E-state index >= 15 is 0 Å². The highest BCUT2D eigenvalue weighted by atomic mass is 19.4. The third kappa shape index (κ3) is 5.50. The van der Waals surface area contributed by atoms with Crippen molar-refractivity contribution < 1.29 is 22.7 Å². The van der Waals surface area contributed by atoms with Gasteiger partial charge in [0.25, 0.3) is 0 Å². The molecule has 198 valence electrons. The van der Waals surface area contributed by atoms with Gasteiger partial charge in [-0.25, -0.2) is 9.78 Å². The summed E-state index contributed by atoms with van der Waals surface area (Å²) in [4.78, 5) is 21.6. The smallest absolute Gasteiger partial charge is 0.417 e. The van der Waals surface area contributed by atoms with E-state index in [4.69, 9.17) is 4.74 Å². The van der Waals surface area contributed by atoms with Crippen molar-refractivity contribution in [2.45, 2.75) is 58.3 Å². The van der Waals surface area contributed by atoms with Crippen molar-refractivity contribution in [3.63, 3.8) is 0 Å². The van der Waals surface area contributed by atoms with E-state index in [0.717, 1.165) is 39.0 Å². The predicted molar refractivity (Wildman–Crippen MR) is 139 cm³/mol. The SMILES string of the molecule is CCN(CC)C1CCN(C(C)(C)c2c(OC(=O)C(F)(F)F)c(-c3ccccc3)nc3ccccc23)CC1. The monoisotopic (exact) mass is 513 g/mol. The lowest BCUT2D eigenvalue weighted by Crippen LogP contribution is -2.51. The number of ether oxygens (including phenoxy) is 1. The van der Waals surface area contributed by atoms with E-state index in [9.17, 15) is 18.0 Å². The van der Waals surface area contributed by atoms with Gasteiger partial charge in [-0.15, -0.1) is 0 Å². The average molecular weight is 514 g/mol. The molecule has 0 aliphatic carbocycles. The Labute approximate surface area is 216 Å². The Morgan fingerprint density at radius 2 is 1.59 bits per heavy atom. The summed E-state index contributed by atoms with van der Waals surface area (Å²) in [7, 11) is 0. The van der Waals surface area contributed by atoms with Crippen LogP contribution in [0.25, 0.3) is 22.2 Å². The first kappa shape index (κ1) is 27.1. The lowest BCUT2D eigenvalue weighted by atomic mass is 9.85. The third-order valence-electron chi connectivity index (χ3n) is 7.52. The van der Waals surface area contributed by atoms with Gasteiger partial charge in [0.15, 0.2) is 5.75 Å². The van der Waals surface area contributed by atoms with Crippen LogP contribution in [0.15, 0.2) is 54.6 Å². The highest BCUT2D eigenvalue weighted by Gasteiger charge is 2.44. The first-order valence-electron chi connectivity index (χ1n) is 12.8. The highest BCUT2D eigenvalue weighted by molar-refractivity contribution is 5.92. The molecule has 0 unspecified atom stereocenters. The number of likely N-dealkylation sites (tertiary alicyclic amines) is 1. The molecular formula is C29H34F3N3O2. The van der Waals surface area contributed by atoms with Gasteiger partial charge < -0.3 is 9.64 Å². The van der Waals surface area contributed by atoms with E-state index in [-0.39, 0.29) is 11.4 Å². The summed E-state index contributed by atoms with van der Waals surface area (Å²) >= 11 is 0. The van der Waals surface area contributed by atoms with Gasteiger partial charge in [0.1, 0.15) is 5.69 Å². The van der Waals surface area contributed by atoms with Gasteiger partial charge in [-0.3, -0.25) is 4.90 Å². The zero-order chi connectivity index (χ0) is 26.8. The van der Waals surface area contributed by atoms with Crippen LogP contribution >= 0.6 is 0 Å². The number of aromatic nitrogens is 1. The second-order valence-electron chi connectivity index (χ2n) is 9.93. The molecule has 0 spiro atoms. The van der Waals surface area contributed by atoms with Crippen LogP contribution in [0, 0.1) is 0 Å². The Hall–Kier alpha value is -2.97. The normalized spacial score (nSPS) is 15.9. The number of nitrogens with zero attached hydrogens (tertiary/aromatic N) is 3. The second-order valence-corrected chi connectivity index (χ2v) is 9.93. The second kappa shape index (κ2) is 10.8. The summed E-state index contributed by atoms with van der Waals surface area (Å²) in [5, 5.41) is 0.669. The molecule has 2 heterocycles. The van der Waals surface area contributed by atoms with E-state index in [1.807, 2.05) is 44.2 Å². The summed E-state index contributed by atoms with van der Waals surface area (Å²) in [6.45, 7) is 11.8. The van der Waals surface area contributed by atoms with Gasteiger partial charge in [-0.2, -0.15) is 13.2 Å². The number of para-hydroxylation sites is 1. The number of hydrogen-bond donors (Lipinski definition) is 0. The number of benzene rings is 2. The molecule has 4 rings (SSSR count). The molecule has 37 heavy (non-hydrogen) atoms. The van der Waals surface area contributed by atoms with Crippen LogP contribution in [0.4, 0.5) is 13.2 Å².